The van der Waals surface area contributed by atoms with E-state index in [2.05, 4.69) is 24.0 Å². The van der Waals surface area contributed by atoms with E-state index < -0.39 is 0 Å². The monoisotopic (exact) mass is 302 g/mol. The number of hydrogen-bond acceptors (Lipinski definition) is 4. The number of aromatic nitrogens is 1. The fraction of sp³-hybridized carbons (Fsp3) is 0.471. The maximum Gasteiger partial charge on any atom is 0.186 e. The Hall–Kier alpha value is -1.39. The van der Waals surface area contributed by atoms with E-state index in [1.807, 2.05) is 18.2 Å². The predicted octanol–water partition coefficient (Wildman–Crippen LogP) is 3.93. The highest BCUT2D eigenvalue weighted by Gasteiger charge is 2.26. The number of thiazole rings is 1. The SMILES string of the molecule is CCCN(CC1CC1)c1nc(-c2ccccc2)c(CO)s1. The van der Waals surface area contributed by atoms with E-state index >= 15 is 0 Å². The van der Waals surface area contributed by atoms with Crippen LogP contribution in [0.25, 0.3) is 11.3 Å². The van der Waals surface area contributed by atoms with Crippen LogP contribution < -0.4 is 4.90 Å². The molecule has 0 atom stereocenters. The molecule has 112 valence electrons. The summed E-state index contributed by atoms with van der Waals surface area (Å²) in [7, 11) is 0. The lowest BCUT2D eigenvalue weighted by molar-refractivity contribution is 0.286. The van der Waals surface area contributed by atoms with Crippen molar-refractivity contribution in [1.82, 2.24) is 4.98 Å². The quantitative estimate of drug-likeness (QED) is 0.842. The van der Waals surface area contributed by atoms with E-state index in [0.29, 0.717) is 0 Å². The predicted molar refractivity (Wildman–Crippen MR) is 88.7 cm³/mol. The Morgan fingerprint density at radius 3 is 2.67 bits per heavy atom. The average Bonchev–Trinajstić information content (AvgIpc) is 3.23. The van der Waals surface area contributed by atoms with Gasteiger partial charge >= 0.3 is 0 Å². The molecule has 4 heteroatoms. The summed E-state index contributed by atoms with van der Waals surface area (Å²) >= 11 is 1.64. The third-order valence-electron chi connectivity index (χ3n) is 3.82. The van der Waals surface area contributed by atoms with Crippen LogP contribution in [-0.4, -0.2) is 23.2 Å². The number of aliphatic hydroxyl groups is 1. The van der Waals surface area contributed by atoms with E-state index in [-0.39, 0.29) is 6.61 Å². The van der Waals surface area contributed by atoms with Crippen LogP contribution in [-0.2, 0) is 6.61 Å². The molecular formula is C17H22N2OS. The topological polar surface area (TPSA) is 36.4 Å². The van der Waals surface area contributed by atoms with Crippen LogP contribution in [0.2, 0.25) is 0 Å². The van der Waals surface area contributed by atoms with Gasteiger partial charge in [-0.15, -0.1) is 0 Å². The van der Waals surface area contributed by atoms with Gasteiger partial charge in [-0.25, -0.2) is 4.98 Å². The van der Waals surface area contributed by atoms with Gasteiger partial charge in [0.05, 0.1) is 17.2 Å². The van der Waals surface area contributed by atoms with Crippen molar-refractivity contribution >= 4 is 16.5 Å². The van der Waals surface area contributed by atoms with Crippen LogP contribution in [0, 0.1) is 5.92 Å². The van der Waals surface area contributed by atoms with Gasteiger partial charge in [0.2, 0.25) is 0 Å². The molecule has 21 heavy (non-hydrogen) atoms. The molecule has 0 aliphatic heterocycles. The van der Waals surface area contributed by atoms with Crippen molar-refractivity contribution in [2.24, 2.45) is 5.92 Å². The summed E-state index contributed by atoms with van der Waals surface area (Å²) in [5, 5.41) is 10.7. The van der Waals surface area contributed by atoms with Gasteiger partial charge in [-0.3, -0.25) is 0 Å². The second kappa shape index (κ2) is 6.58. The van der Waals surface area contributed by atoms with Crippen molar-refractivity contribution in [2.75, 3.05) is 18.0 Å². The van der Waals surface area contributed by atoms with Gasteiger partial charge in [-0.1, -0.05) is 48.6 Å². The van der Waals surface area contributed by atoms with Crippen molar-refractivity contribution in [3.8, 4) is 11.3 Å². The molecule has 2 aromatic rings. The number of aliphatic hydroxyl groups excluding tert-OH is 1. The third kappa shape index (κ3) is 3.44. The third-order valence-corrected chi connectivity index (χ3v) is 4.92. The van der Waals surface area contributed by atoms with E-state index in [4.69, 9.17) is 4.98 Å². The normalized spacial score (nSPS) is 14.4. The minimum Gasteiger partial charge on any atom is -0.391 e. The van der Waals surface area contributed by atoms with E-state index in [0.717, 1.165) is 46.7 Å². The van der Waals surface area contributed by atoms with Crippen LogP contribution in [0.5, 0.6) is 0 Å². The molecule has 1 fully saturated rings. The molecular weight excluding hydrogens is 280 g/mol. The van der Waals surface area contributed by atoms with Crippen molar-refractivity contribution in [3.63, 3.8) is 0 Å². The van der Waals surface area contributed by atoms with E-state index in [1.54, 1.807) is 11.3 Å². The summed E-state index contributed by atoms with van der Waals surface area (Å²) in [5.41, 5.74) is 2.03. The minimum atomic E-state index is 0.0608. The van der Waals surface area contributed by atoms with Gasteiger partial charge in [0.1, 0.15) is 0 Å². The zero-order chi connectivity index (χ0) is 14.7. The lowest BCUT2D eigenvalue weighted by Crippen LogP contribution is -2.26. The summed E-state index contributed by atoms with van der Waals surface area (Å²) < 4.78 is 0. The Bertz CT molecular complexity index is 578. The Morgan fingerprint density at radius 1 is 1.29 bits per heavy atom. The summed E-state index contributed by atoms with van der Waals surface area (Å²) in [4.78, 5) is 8.20. The van der Waals surface area contributed by atoms with Crippen LogP contribution in [0.15, 0.2) is 30.3 Å². The van der Waals surface area contributed by atoms with Crippen LogP contribution in [0.3, 0.4) is 0 Å². The highest BCUT2D eigenvalue weighted by Crippen LogP contribution is 2.36. The van der Waals surface area contributed by atoms with Gasteiger partial charge in [-0.2, -0.15) is 0 Å². The van der Waals surface area contributed by atoms with Gasteiger partial charge in [-0.05, 0) is 25.2 Å². The van der Waals surface area contributed by atoms with E-state index in [1.165, 1.54) is 12.8 Å². The standard InChI is InChI=1S/C17H22N2OS/c1-2-10-19(11-13-8-9-13)17-18-16(15(12-20)21-17)14-6-4-3-5-7-14/h3-7,13,20H,2,8-12H2,1H3. The zero-order valence-corrected chi connectivity index (χ0v) is 13.3. The number of anilines is 1. The Labute approximate surface area is 130 Å². The van der Waals surface area contributed by atoms with Gasteiger partial charge in [0, 0.05) is 18.7 Å². The molecule has 0 radical (unpaired) electrons. The van der Waals surface area contributed by atoms with Crippen molar-refractivity contribution in [1.29, 1.82) is 0 Å². The summed E-state index contributed by atoms with van der Waals surface area (Å²) in [5.74, 6) is 0.846. The summed E-state index contributed by atoms with van der Waals surface area (Å²) in [6.45, 7) is 4.42. The zero-order valence-electron chi connectivity index (χ0n) is 12.5. The molecule has 0 spiro atoms. The number of benzene rings is 1. The van der Waals surface area contributed by atoms with E-state index in [9.17, 15) is 5.11 Å². The number of rotatable bonds is 7. The second-order valence-electron chi connectivity index (χ2n) is 5.68. The molecule has 1 aliphatic carbocycles. The first-order valence-corrected chi connectivity index (χ1v) is 8.54. The first-order valence-electron chi connectivity index (χ1n) is 7.72. The Morgan fingerprint density at radius 2 is 2.05 bits per heavy atom. The first kappa shape index (κ1) is 14.5. The Balaban J connectivity index is 1.89. The molecule has 1 aliphatic rings. The van der Waals surface area contributed by atoms with Gasteiger partial charge in [0.25, 0.3) is 0 Å². The highest BCUT2D eigenvalue weighted by atomic mass is 32.1. The second-order valence-corrected chi connectivity index (χ2v) is 6.74. The molecule has 1 N–H and O–H groups in total. The largest absolute Gasteiger partial charge is 0.391 e. The lowest BCUT2D eigenvalue weighted by atomic mass is 10.1. The lowest BCUT2D eigenvalue weighted by Gasteiger charge is -2.20. The molecule has 1 aromatic heterocycles. The maximum atomic E-state index is 9.65. The van der Waals surface area contributed by atoms with Crippen molar-refractivity contribution in [2.45, 2.75) is 32.8 Å². The first-order chi connectivity index (χ1) is 10.3. The highest BCUT2D eigenvalue weighted by molar-refractivity contribution is 7.16. The molecule has 1 aromatic carbocycles. The average molecular weight is 302 g/mol. The molecule has 1 saturated carbocycles. The minimum absolute atomic E-state index is 0.0608. The van der Waals surface area contributed by atoms with Crippen LogP contribution in [0.1, 0.15) is 31.1 Å². The molecule has 0 unspecified atom stereocenters. The molecule has 3 rings (SSSR count). The number of hydrogen-bond donors (Lipinski definition) is 1. The molecule has 0 amide bonds. The molecule has 0 saturated heterocycles. The fourth-order valence-electron chi connectivity index (χ4n) is 2.55. The number of nitrogens with zero attached hydrogens (tertiary/aromatic N) is 2. The summed E-state index contributed by atoms with van der Waals surface area (Å²) in [6, 6.07) is 10.2. The molecule has 1 heterocycles. The maximum absolute atomic E-state index is 9.65. The van der Waals surface area contributed by atoms with Crippen LogP contribution >= 0.6 is 11.3 Å². The fourth-order valence-corrected chi connectivity index (χ4v) is 3.53. The summed E-state index contributed by atoms with van der Waals surface area (Å²) in [6.07, 6.45) is 3.83. The van der Waals surface area contributed by atoms with Crippen molar-refractivity contribution in [3.05, 3.63) is 35.2 Å². The van der Waals surface area contributed by atoms with Gasteiger partial charge in [0.15, 0.2) is 5.13 Å². The Kier molecular flexibility index (Phi) is 4.56. The van der Waals surface area contributed by atoms with Crippen molar-refractivity contribution < 1.29 is 5.11 Å². The molecule has 0 bridgehead atoms. The smallest absolute Gasteiger partial charge is 0.186 e. The van der Waals surface area contributed by atoms with Gasteiger partial charge < -0.3 is 10.0 Å². The van der Waals surface area contributed by atoms with Crippen LogP contribution in [0.4, 0.5) is 5.13 Å². The molecule has 3 nitrogen and oxygen atoms in total.